The highest BCUT2D eigenvalue weighted by Crippen LogP contribution is 2.45. The molecule has 2 rings (SSSR count). The van der Waals surface area contributed by atoms with Gasteiger partial charge < -0.3 is 13.8 Å². The molecular weight excluding hydrogens is 425 g/mol. The maximum absolute atomic E-state index is 13.4. The summed E-state index contributed by atoms with van der Waals surface area (Å²) in [4.78, 5) is 12.3. The molecule has 30 heavy (non-hydrogen) atoms. The Morgan fingerprint density at radius 3 is 2.20 bits per heavy atom. The number of esters is 1. The van der Waals surface area contributed by atoms with Crippen molar-refractivity contribution in [2.75, 3.05) is 6.61 Å². The molecule has 0 radical (unpaired) electrons. The Hall–Kier alpha value is -2.01. The molecule has 2 aromatic rings. The number of ether oxygens (including phenoxy) is 1. The van der Waals surface area contributed by atoms with Gasteiger partial charge in [0.2, 0.25) is 0 Å². The fourth-order valence-corrected chi connectivity index (χ4v) is 4.27. The van der Waals surface area contributed by atoms with Crippen molar-refractivity contribution in [2.45, 2.75) is 52.0 Å². The lowest BCUT2D eigenvalue weighted by atomic mass is 10.2. The summed E-state index contributed by atoms with van der Waals surface area (Å²) in [7, 11) is -3.94. The minimum Gasteiger partial charge on any atom is -0.465 e. The van der Waals surface area contributed by atoms with E-state index in [1.54, 1.807) is 55.5 Å². The summed E-state index contributed by atoms with van der Waals surface area (Å²) in [5, 5.41) is 3.19. The van der Waals surface area contributed by atoms with Crippen LogP contribution in [0.3, 0.4) is 0 Å². The van der Waals surface area contributed by atoms with E-state index in [2.05, 4.69) is 12.0 Å². The van der Waals surface area contributed by atoms with Gasteiger partial charge >= 0.3 is 13.7 Å². The van der Waals surface area contributed by atoms with Crippen LogP contribution in [0.4, 0.5) is 0 Å². The first-order chi connectivity index (χ1) is 14.4. The second kappa shape index (κ2) is 12.6. The lowest BCUT2D eigenvalue weighted by molar-refractivity contribution is -0.145. The van der Waals surface area contributed by atoms with Crippen LogP contribution in [0.5, 0.6) is 11.5 Å². The Morgan fingerprint density at radius 2 is 1.57 bits per heavy atom. The van der Waals surface area contributed by atoms with Crippen LogP contribution in [0, 0.1) is 0 Å². The Balaban J connectivity index is 2.00. The van der Waals surface area contributed by atoms with E-state index < -0.39 is 19.8 Å². The molecular formula is C22H29ClNO5P. The monoisotopic (exact) mass is 453 g/mol. The van der Waals surface area contributed by atoms with Gasteiger partial charge in [0.25, 0.3) is 0 Å². The third-order valence-corrected chi connectivity index (χ3v) is 6.06. The maximum atomic E-state index is 13.4. The molecule has 8 heteroatoms. The molecule has 2 aromatic carbocycles. The summed E-state index contributed by atoms with van der Waals surface area (Å²) in [5.41, 5.74) is 0. The van der Waals surface area contributed by atoms with Crippen LogP contribution in [0.1, 0.15) is 46.0 Å². The van der Waals surface area contributed by atoms with Crippen molar-refractivity contribution in [3.05, 3.63) is 59.6 Å². The van der Waals surface area contributed by atoms with E-state index in [4.69, 9.17) is 25.4 Å². The lowest BCUT2D eigenvalue weighted by Gasteiger charge is -2.23. The summed E-state index contributed by atoms with van der Waals surface area (Å²) in [6, 6.07) is 14.1. The molecule has 164 valence electrons. The molecule has 0 aliphatic rings. The molecule has 0 spiro atoms. The smallest absolute Gasteiger partial charge is 0.465 e. The van der Waals surface area contributed by atoms with Gasteiger partial charge in [-0.2, -0.15) is 5.09 Å². The van der Waals surface area contributed by atoms with Crippen molar-refractivity contribution in [3.8, 4) is 11.5 Å². The van der Waals surface area contributed by atoms with E-state index in [0.717, 1.165) is 25.7 Å². The molecule has 0 amide bonds. The van der Waals surface area contributed by atoms with Gasteiger partial charge in [0.05, 0.1) is 6.61 Å². The minimum atomic E-state index is -3.94. The largest absolute Gasteiger partial charge is 0.513 e. The van der Waals surface area contributed by atoms with Gasteiger partial charge in [-0.1, -0.05) is 62.4 Å². The summed E-state index contributed by atoms with van der Waals surface area (Å²) in [6.45, 7) is 4.04. The predicted molar refractivity (Wildman–Crippen MR) is 119 cm³/mol. The van der Waals surface area contributed by atoms with Crippen LogP contribution >= 0.6 is 19.3 Å². The minimum absolute atomic E-state index is 0.294. The molecule has 0 unspecified atom stereocenters. The van der Waals surface area contributed by atoms with E-state index in [1.165, 1.54) is 6.42 Å². The van der Waals surface area contributed by atoms with Gasteiger partial charge in [-0.25, -0.2) is 4.57 Å². The topological polar surface area (TPSA) is 73.9 Å². The maximum Gasteiger partial charge on any atom is 0.513 e. The van der Waals surface area contributed by atoms with E-state index in [0.29, 0.717) is 23.1 Å². The number of carbonyl (C=O) groups is 1. The highest BCUT2D eigenvalue weighted by atomic mass is 35.5. The number of benzene rings is 2. The fraction of sp³-hybridized carbons (Fsp3) is 0.409. The molecule has 1 N–H and O–H groups in total. The molecule has 0 aromatic heterocycles. The molecule has 0 aliphatic carbocycles. The van der Waals surface area contributed by atoms with Gasteiger partial charge in [-0.15, -0.1) is 0 Å². The third-order valence-electron chi connectivity index (χ3n) is 4.21. The number of hydrogen-bond donors (Lipinski definition) is 1. The van der Waals surface area contributed by atoms with Crippen molar-refractivity contribution in [3.63, 3.8) is 0 Å². The standard InChI is InChI=1S/C22H29ClNO5P/c1-3-4-5-6-10-17-27-22(25)18(2)24-30(26,28-20-11-8-7-9-12-20)29-21-15-13-19(23)14-16-21/h7-9,11-16,18H,3-6,10,17H2,1-2H3,(H,24,26)/t18-,30-/m0/s1. The quantitative estimate of drug-likeness (QED) is 0.215. The Bertz CT molecular complexity index is 816. The Morgan fingerprint density at radius 1 is 0.967 bits per heavy atom. The van der Waals surface area contributed by atoms with Gasteiger partial charge in [0, 0.05) is 5.02 Å². The van der Waals surface area contributed by atoms with Gasteiger partial charge in [0.1, 0.15) is 17.5 Å². The molecule has 6 nitrogen and oxygen atoms in total. The third kappa shape index (κ3) is 8.78. The second-order valence-electron chi connectivity index (χ2n) is 6.88. The first-order valence-corrected chi connectivity index (χ1v) is 12.1. The predicted octanol–water partition coefficient (Wildman–Crippen LogP) is 6.40. The summed E-state index contributed by atoms with van der Waals surface area (Å²) in [6.07, 6.45) is 5.27. The van der Waals surface area contributed by atoms with Crippen molar-refractivity contribution in [2.24, 2.45) is 0 Å². The average molecular weight is 454 g/mol. The molecule has 2 atom stereocenters. The highest BCUT2D eigenvalue weighted by Gasteiger charge is 2.33. The van der Waals surface area contributed by atoms with Gasteiger partial charge in [-0.05, 0) is 49.7 Å². The number of para-hydroxylation sites is 1. The molecule has 0 bridgehead atoms. The molecule has 0 saturated carbocycles. The van der Waals surface area contributed by atoms with Crippen LogP contribution < -0.4 is 14.1 Å². The van der Waals surface area contributed by atoms with Crippen molar-refractivity contribution >= 4 is 25.3 Å². The van der Waals surface area contributed by atoms with E-state index in [1.807, 2.05) is 6.07 Å². The van der Waals surface area contributed by atoms with E-state index in [9.17, 15) is 9.36 Å². The summed E-state index contributed by atoms with van der Waals surface area (Å²) < 4.78 is 29.9. The van der Waals surface area contributed by atoms with Crippen molar-refractivity contribution < 1.29 is 23.1 Å². The van der Waals surface area contributed by atoms with Crippen LogP contribution in [0.2, 0.25) is 5.02 Å². The zero-order chi connectivity index (χ0) is 21.8. The number of rotatable bonds is 13. The normalized spacial score (nSPS) is 13.8. The average Bonchev–Trinajstić information content (AvgIpc) is 2.72. The van der Waals surface area contributed by atoms with Gasteiger partial charge in [-0.3, -0.25) is 4.79 Å². The Kier molecular flexibility index (Phi) is 10.2. The number of unbranched alkanes of at least 4 members (excludes halogenated alkanes) is 4. The van der Waals surface area contributed by atoms with Gasteiger partial charge in [0.15, 0.2) is 0 Å². The molecule has 0 aliphatic heterocycles. The lowest BCUT2D eigenvalue weighted by Crippen LogP contribution is -2.36. The van der Waals surface area contributed by atoms with Crippen LogP contribution in [-0.2, 0) is 14.1 Å². The number of carbonyl (C=O) groups excluding carboxylic acids is 1. The first-order valence-electron chi connectivity index (χ1n) is 10.2. The van der Waals surface area contributed by atoms with E-state index in [-0.39, 0.29) is 0 Å². The van der Waals surface area contributed by atoms with Crippen LogP contribution in [0.25, 0.3) is 0 Å². The highest BCUT2D eigenvalue weighted by molar-refractivity contribution is 7.52. The number of hydrogen-bond acceptors (Lipinski definition) is 5. The van der Waals surface area contributed by atoms with Crippen LogP contribution in [0.15, 0.2) is 54.6 Å². The second-order valence-corrected chi connectivity index (χ2v) is 8.93. The van der Waals surface area contributed by atoms with Crippen molar-refractivity contribution in [1.82, 2.24) is 5.09 Å². The summed E-state index contributed by atoms with van der Waals surface area (Å²) in [5.74, 6) is 0.128. The fourth-order valence-electron chi connectivity index (χ4n) is 2.62. The first kappa shape index (κ1) is 24.3. The molecule has 0 fully saturated rings. The SMILES string of the molecule is CCCCCCCOC(=O)[C@H](C)N[P@](=O)(Oc1ccccc1)Oc1ccc(Cl)cc1. The number of nitrogens with one attached hydrogen (secondary N) is 1. The van der Waals surface area contributed by atoms with Crippen molar-refractivity contribution in [1.29, 1.82) is 0 Å². The van der Waals surface area contributed by atoms with E-state index >= 15 is 0 Å². The van der Waals surface area contributed by atoms with Crippen LogP contribution in [-0.4, -0.2) is 18.6 Å². The zero-order valence-corrected chi connectivity index (χ0v) is 19.0. The number of halogens is 1. The zero-order valence-electron chi connectivity index (χ0n) is 17.4. The molecule has 0 heterocycles. The summed E-state index contributed by atoms with van der Waals surface area (Å²) >= 11 is 5.89. The molecule has 0 saturated heterocycles. The Labute approximate surface area is 183 Å².